The SMILES string of the molecule is O=C(Nc1cnn(Cc2c(F)cc(F)c(F)c2F)c1)c1nn2cccnc2c1Br. The van der Waals surface area contributed by atoms with Crippen LogP contribution in [0, 0.1) is 23.3 Å². The molecule has 0 aliphatic rings. The Balaban J connectivity index is 1.55. The number of hydrogen-bond donors (Lipinski definition) is 1. The van der Waals surface area contributed by atoms with E-state index in [4.69, 9.17) is 0 Å². The van der Waals surface area contributed by atoms with Crippen molar-refractivity contribution >= 4 is 33.2 Å². The second-order valence-electron chi connectivity index (χ2n) is 5.88. The number of aromatic nitrogens is 5. The van der Waals surface area contributed by atoms with Crippen molar-refractivity contribution in [2.45, 2.75) is 6.54 Å². The van der Waals surface area contributed by atoms with Crippen molar-refractivity contribution in [2.75, 3.05) is 5.32 Å². The first-order chi connectivity index (χ1) is 13.8. The summed E-state index contributed by atoms with van der Waals surface area (Å²) in [6.45, 7) is -0.507. The number of carbonyl (C=O) groups is 1. The van der Waals surface area contributed by atoms with Gasteiger partial charge in [-0.1, -0.05) is 0 Å². The highest BCUT2D eigenvalue weighted by Gasteiger charge is 2.21. The number of nitrogens with zero attached hydrogens (tertiary/aromatic N) is 5. The van der Waals surface area contributed by atoms with Crippen molar-refractivity contribution < 1.29 is 22.4 Å². The van der Waals surface area contributed by atoms with Crippen LogP contribution in [0.2, 0.25) is 0 Å². The fraction of sp³-hybridized carbons (Fsp3) is 0.0588. The second-order valence-corrected chi connectivity index (χ2v) is 6.67. The van der Waals surface area contributed by atoms with E-state index in [-0.39, 0.29) is 17.4 Å². The minimum Gasteiger partial charge on any atom is -0.318 e. The van der Waals surface area contributed by atoms with E-state index < -0.39 is 41.3 Å². The fourth-order valence-electron chi connectivity index (χ4n) is 2.62. The molecule has 148 valence electrons. The topological polar surface area (TPSA) is 77.1 Å². The van der Waals surface area contributed by atoms with Crippen molar-refractivity contribution in [3.8, 4) is 0 Å². The molecule has 0 saturated heterocycles. The minimum absolute atomic E-state index is 0.0640. The Labute approximate surface area is 168 Å². The zero-order valence-electron chi connectivity index (χ0n) is 14.2. The van der Waals surface area contributed by atoms with Crippen LogP contribution in [0.3, 0.4) is 0 Å². The van der Waals surface area contributed by atoms with Gasteiger partial charge in [0.2, 0.25) is 0 Å². The first-order valence-electron chi connectivity index (χ1n) is 7.99. The molecule has 3 aromatic heterocycles. The number of amides is 1. The molecule has 0 atom stereocenters. The normalized spacial score (nSPS) is 11.2. The Morgan fingerprint density at radius 3 is 2.72 bits per heavy atom. The van der Waals surface area contributed by atoms with Crippen molar-refractivity contribution in [1.82, 2.24) is 24.4 Å². The fourth-order valence-corrected chi connectivity index (χ4v) is 3.16. The predicted octanol–water partition coefficient (Wildman–Crippen LogP) is 3.55. The van der Waals surface area contributed by atoms with Gasteiger partial charge in [0.25, 0.3) is 5.91 Å². The zero-order valence-corrected chi connectivity index (χ0v) is 15.8. The van der Waals surface area contributed by atoms with Gasteiger partial charge in [-0.05, 0) is 22.0 Å². The molecular weight excluding hydrogens is 460 g/mol. The number of anilines is 1. The summed E-state index contributed by atoms with van der Waals surface area (Å²) >= 11 is 3.27. The van der Waals surface area contributed by atoms with Gasteiger partial charge in [-0.2, -0.15) is 10.2 Å². The average molecular weight is 469 g/mol. The third kappa shape index (κ3) is 3.46. The van der Waals surface area contributed by atoms with Crippen molar-refractivity contribution in [3.63, 3.8) is 0 Å². The Morgan fingerprint density at radius 1 is 1.17 bits per heavy atom. The quantitative estimate of drug-likeness (QED) is 0.282. The van der Waals surface area contributed by atoms with E-state index >= 15 is 0 Å². The molecule has 0 saturated carbocycles. The van der Waals surface area contributed by atoms with E-state index in [9.17, 15) is 22.4 Å². The zero-order chi connectivity index (χ0) is 20.7. The van der Waals surface area contributed by atoms with Crippen LogP contribution in [0.25, 0.3) is 5.65 Å². The highest BCUT2D eigenvalue weighted by molar-refractivity contribution is 9.10. The van der Waals surface area contributed by atoms with Gasteiger partial charge in [0.1, 0.15) is 5.82 Å². The van der Waals surface area contributed by atoms with Gasteiger partial charge in [0.05, 0.1) is 22.9 Å². The maximum absolute atomic E-state index is 13.8. The third-order valence-electron chi connectivity index (χ3n) is 3.97. The summed E-state index contributed by atoms with van der Waals surface area (Å²) in [4.78, 5) is 16.6. The molecule has 4 aromatic rings. The van der Waals surface area contributed by atoms with Crippen LogP contribution < -0.4 is 5.32 Å². The summed E-state index contributed by atoms with van der Waals surface area (Å²) in [5.41, 5.74) is 0.0149. The Morgan fingerprint density at radius 2 is 1.97 bits per heavy atom. The molecule has 0 radical (unpaired) electrons. The number of halogens is 5. The smallest absolute Gasteiger partial charge is 0.277 e. The van der Waals surface area contributed by atoms with Crippen LogP contribution in [0.15, 0.2) is 41.4 Å². The van der Waals surface area contributed by atoms with Crippen molar-refractivity contribution in [3.05, 3.63) is 75.9 Å². The number of nitrogens with one attached hydrogen (secondary N) is 1. The Bertz CT molecular complexity index is 1250. The van der Waals surface area contributed by atoms with Crippen LogP contribution >= 0.6 is 15.9 Å². The lowest BCUT2D eigenvalue weighted by Gasteiger charge is -2.06. The molecule has 1 aromatic carbocycles. The summed E-state index contributed by atoms with van der Waals surface area (Å²) in [6, 6.07) is 1.91. The number of fused-ring (bicyclic) bond motifs is 1. The lowest BCUT2D eigenvalue weighted by Crippen LogP contribution is -2.13. The van der Waals surface area contributed by atoms with Gasteiger partial charge < -0.3 is 5.32 Å². The lowest BCUT2D eigenvalue weighted by molar-refractivity contribution is 0.102. The summed E-state index contributed by atoms with van der Waals surface area (Å²) in [6.07, 6.45) is 5.67. The molecule has 7 nitrogen and oxygen atoms in total. The molecular formula is C17H9BrF4N6O. The summed E-state index contributed by atoms with van der Waals surface area (Å²) in [7, 11) is 0. The number of hydrogen-bond acceptors (Lipinski definition) is 4. The van der Waals surface area contributed by atoms with Crippen LogP contribution in [-0.2, 0) is 6.54 Å². The van der Waals surface area contributed by atoms with Crippen molar-refractivity contribution in [1.29, 1.82) is 0 Å². The third-order valence-corrected chi connectivity index (χ3v) is 4.70. The van der Waals surface area contributed by atoms with Crippen LogP contribution in [0.1, 0.15) is 16.1 Å². The molecule has 0 fully saturated rings. The van der Waals surface area contributed by atoms with E-state index in [0.717, 1.165) is 4.68 Å². The first kappa shape index (κ1) is 19.1. The van der Waals surface area contributed by atoms with Gasteiger partial charge in [-0.3, -0.25) is 9.48 Å². The van der Waals surface area contributed by atoms with Gasteiger partial charge in [0, 0.05) is 30.2 Å². The van der Waals surface area contributed by atoms with Gasteiger partial charge in [-0.25, -0.2) is 27.1 Å². The molecule has 0 unspecified atom stereocenters. The van der Waals surface area contributed by atoms with E-state index in [2.05, 4.69) is 36.4 Å². The van der Waals surface area contributed by atoms with Crippen LogP contribution in [0.5, 0.6) is 0 Å². The van der Waals surface area contributed by atoms with Crippen molar-refractivity contribution in [2.24, 2.45) is 0 Å². The van der Waals surface area contributed by atoms with E-state index in [0.29, 0.717) is 10.1 Å². The minimum atomic E-state index is -1.77. The van der Waals surface area contributed by atoms with E-state index in [1.807, 2.05) is 0 Å². The largest absolute Gasteiger partial charge is 0.318 e. The summed E-state index contributed by atoms with van der Waals surface area (Å²) < 4.78 is 56.8. The standard InChI is InChI=1S/C17H9BrF4N6O/c18-12-15(26-28-3-1-2-23-16(12)28)17(29)25-8-5-24-27(6-8)7-9-10(19)4-11(20)14(22)13(9)21/h1-6H,7H2,(H,25,29). The van der Waals surface area contributed by atoms with Crippen LogP contribution in [-0.4, -0.2) is 30.3 Å². The molecule has 3 heterocycles. The monoisotopic (exact) mass is 468 g/mol. The summed E-state index contributed by atoms with van der Waals surface area (Å²) in [5.74, 6) is -6.85. The van der Waals surface area contributed by atoms with Gasteiger partial charge in [-0.15, -0.1) is 0 Å². The molecule has 4 rings (SSSR count). The molecule has 0 aliphatic carbocycles. The van der Waals surface area contributed by atoms with E-state index in [1.54, 1.807) is 18.5 Å². The second kappa shape index (κ2) is 7.28. The molecule has 0 aliphatic heterocycles. The van der Waals surface area contributed by atoms with Gasteiger partial charge >= 0.3 is 0 Å². The predicted molar refractivity (Wildman–Crippen MR) is 96.2 cm³/mol. The average Bonchev–Trinajstić information content (AvgIpc) is 3.28. The molecule has 29 heavy (non-hydrogen) atoms. The maximum atomic E-state index is 13.8. The lowest BCUT2D eigenvalue weighted by atomic mass is 10.2. The Hall–Kier alpha value is -3.28. The molecule has 0 spiro atoms. The summed E-state index contributed by atoms with van der Waals surface area (Å²) in [5, 5.41) is 10.5. The Kier molecular flexibility index (Phi) is 4.78. The molecule has 1 N–H and O–H groups in total. The number of carbonyl (C=O) groups excluding carboxylic acids is 1. The van der Waals surface area contributed by atoms with E-state index in [1.165, 1.54) is 16.9 Å². The van der Waals surface area contributed by atoms with Gasteiger partial charge in [0.15, 0.2) is 28.8 Å². The maximum Gasteiger partial charge on any atom is 0.277 e. The highest BCUT2D eigenvalue weighted by atomic mass is 79.9. The molecule has 0 bridgehead atoms. The molecule has 12 heteroatoms. The first-order valence-corrected chi connectivity index (χ1v) is 8.79. The number of benzene rings is 1. The highest BCUT2D eigenvalue weighted by Crippen LogP contribution is 2.23. The number of rotatable bonds is 4. The molecule has 1 amide bonds. The van der Waals surface area contributed by atoms with Crippen LogP contribution in [0.4, 0.5) is 23.2 Å².